The fourth-order valence-corrected chi connectivity index (χ4v) is 3.28. The number of aromatic nitrogens is 1. The molecule has 1 aliphatic carbocycles. The van der Waals surface area contributed by atoms with Crippen LogP contribution in [0.25, 0.3) is 11.5 Å². The molecular formula is C20H25N3O2. The van der Waals surface area contributed by atoms with E-state index in [1.54, 1.807) is 6.26 Å². The molecule has 5 heteroatoms. The molecule has 0 bridgehead atoms. The average Bonchev–Trinajstić information content (AvgIpc) is 3.14. The van der Waals surface area contributed by atoms with E-state index in [0.29, 0.717) is 18.0 Å². The molecule has 3 rings (SSSR count). The lowest BCUT2D eigenvalue weighted by molar-refractivity contribution is 0.0787. The summed E-state index contributed by atoms with van der Waals surface area (Å²) in [5.74, 6) is 1.44. The summed E-state index contributed by atoms with van der Waals surface area (Å²) >= 11 is 0. The molecule has 0 radical (unpaired) electrons. The number of hydrogen-bond acceptors (Lipinski definition) is 5. The Bertz CT molecular complexity index is 745. The standard InChI is InChI=1S/C20H25N3O2/c1-14(2)24-12-6-10-22-20-17(13-21)15-7-3-4-8-16(15)19(23-20)18-9-5-11-25-18/h5,9,11,14H,3-4,6-8,10,12H2,1-2H3,(H,22,23). The number of fused-ring (bicyclic) bond motifs is 1. The van der Waals surface area contributed by atoms with Crippen LogP contribution >= 0.6 is 0 Å². The number of nitriles is 1. The van der Waals surface area contributed by atoms with Gasteiger partial charge in [0.25, 0.3) is 0 Å². The number of hydrogen-bond donors (Lipinski definition) is 1. The maximum Gasteiger partial charge on any atom is 0.152 e. The van der Waals surface area contributed by atoms with Crippen LogP contribution in [0.1, 0.15) is 49.8 Å². The molecule has 2 heterocycles. The van der Waals surface area contributed by atoms with Crippen LogP contribution in [0.3, 0.4) is 0 Å². The van der Waals surface area contributed by atoms with E-state index in [2.05, 4.69) is 11.4 Å². The summed E-state index contributed by atoms with van der Waals surface area (Å²) in [6.07, 6.45) is 6.91. The molecule has 0 unspecified atom stereocenters. The third-order valence-corrected chi connectivity index (χ3v) is 4.45. The van der Waals surface area contributed by atoms with Crippen LogP contribution in [0, 0.1) is 11.3 Å². The van der Waals surface area contributed by atoms with Crippen molar-refractivity contribution in [3.8, 4) is 17.5 Å². The Hall–Kier alpha value is -2.32. The van der Waals surface area contributed by atoms with Gasteiger partial charge in [-0.05, 0) is 69.2 Å². The molecule has 0 saturated carbocycles. The Morgan fingerprint density at radius 2 is 2.12 bits per heavy atom. The third-order valence-electron chi connectivity index (χ3n) is 4.45. The highest BCUT2D eigenvalue weighted by molar-refractivity contribution is 5.69. The molecule has 0 aliphatic heterocycles. The predicted molar refractivity (Wildman–Crippen MR) is 97.5 cm³/mol. The van der Waals surface area contributed by atoms with Crippen LogP contribution in [-0.4, -0.2) is 24.2 Å². The van der Waals surface area contributed by atoms with Gasteiger partial charge in [-0.2, -0.15) is 5.26 Å². The van der Waals surface area contributed by atoms with Gasteiger partial charge in [-0.25, -0.2) is 4.98 Å². The molecule has 0 saturated heterocycles. The number of anilines is 1. The first-order valence-electron chi connectivity index (χ1n) is 9.06. The molecule has 0 amide bonds. The fourth-order valence-electron chi connectivity index (χ4n) is 3.28. The first-order chi connectivity index (χ1) is 12.2. The van der Waals surface area contributed by atoms with E-state index in [1.807, 2.05) is 26.0 Å². The monoisotopic (exact) mass is 339 g/mol. The molecule has 2 aromatic rings. The summed E-state index contributed by atoms with van der Waals surface area (Å²) in [6, 6.07) is 6.18. The van der Waals surface area contributed by atoms with E-state index in [-0.39, 0.29) is 6.10 Å². The van der Waals surface area contributed by atoms with Crippen molar-refractivity contribution < 1.29 is 9.15 Å². The molecule has 5 nitrogen and oxygen atoms in total. The minimum Gasteiger partial charge on any atom is -0.463 e. The second kappa shape index (κ2) is 8.17. The van der Waals surface area contributed by atoms with Crippen molar-refractivity contribution in [2.24, 2.45) is 0 Å². The fraction of sp³-hybridized carbons (Fsp3) is 0.500. The maximum atomic E-state index is 9.69. The number of ether oxygens (including phenoxy) is 1. The Balaban J connectivity index is 1.87. The van der Waals surface area contributed by atoms with Gasteiger partial charge in [-0.3, -0.25) is 0 Å². The second-order valence-electron chi connectivity index (χ2n) is 6.64. The van der Waals surface area contributed by atoms with Crippen LogP contribution in [0.2, 0.25) is 0 Å². The Morgan fingerprint density at radius 1 is 1.32 bits per heavy atom. The number of pyridine rings is 1. The summed E-state index contributed by atoms with van der Waals surface area (Å²) in [5, 5.41) is 13.0. The van der Waals surface area contributed by atoms with Crippen molar-refractivity contribution in [1.82, 2.24) is 4.98 Å². The lowest BCUT2D eigenvalue weighted by Gasteiger charge is -2.21. The van der Waals surface area contributed by atoms with Crippen LogP contribution < -0.4 is 5.32 Å². The highest BCUT2D eigenvalue weighted by Gasteiger charge is 2.23. The van der Waals surface area contributed by atoms with Crippen LogP contribution in [-0.2, 0) is 17.6 Å². The number of nitrogens with one attached hydrogen (secondary N) is 1. The molecule has 0 spiro atoms. The summed E-state index contributed by atoms with van der Waals surface area (Å²) in [4.78, 5) is 4.76. The van der Waals surface area contributed by atoms with Crippen molar-refractivity contribution >= 4 is 5.82 Å². The molecule has 1 aliphatic rings. The van der Waals surface area contributed by atoms with Gasteiger partial charge < -0.3 is 14.5 Å². The Morgan fingerprint density at radius 3 is 2.80 bits per heavy atom. The van der Waals surface area contributed by atoms with Crippen molar-refractivity contribution in [1.29, 1.82) is 5.26 Å². The Kier molecular flexibility index (Phi) is 5.72. The molecule has 25 heavy (non-hydrogen) atoms. The van der Waals surface area contributed by atoms with E-state index >= 15 is 0 Å². The summed E-state index contributed by atoms with van der Waals surface area (Å²) in [5.41, 5.74) is 3.87. The van der Waals surface area contributed by atoms with Crippen molar-refractivity contribution in [3.05, 3.63) is 35.1 Å². The second-order valence-corrected chi connectivity index (χ2v) is 6.64. The van der Waals surface area contributed by atoms with E-state index in [1.165, 1.54) is 5.56 Å². The van der Waals surface area contributed by atoms with Crippen LogP contribution in [0.5, 0.6) is 0 Å². The molecule has 2 aromatic heterocycles. The zero-order chi connectivity index (χ0) is 17.6. The molecule has 0 aromatic carbocycles. The predicted octanol–water partition coefficient (Wildman–Crippen LogP) is 4.32. The smallest absolute Gasteiger partial charge is 0.152 e. The first-order valence-corrected chi connectivity index (χ1v) is 9.06. The van der Waals surface area contributed by atoms with Gasteiger partial charge in [-0.15, -0.1) is 0 Å². The molecular weight excluding hydrogens is 314 g/mol. The highest BCUT2D eigenvalue weighted by Crippen LogP contribution is 2.35. The largest absolute Gasteiger partial charge is 0.463 e. The average molecular weight is 339 g/mol. The minimum absolute atomic E-state index is 0.238. The lowest BCUT2D eigenvalue weighted by atomic mass is 9.87. The third kappa shape index (κ3) is 4.02. The first kappa shape index (κ1) is 17.5. The normalized spacial score (nSPS) is 13.5. The molecule has 1 N–H and O–H groups in total. The SMILES string of the molecule is CC(C)OCCCNc1nc(-c2ccco2)c2c(c1C#N)CCCC2. The summed E-state index contributed by atoms with van der Waals surface area (Å²) in [7, 11) is 0. The van der Waals surface area contributed by atoms with E-state index < -0.39 is 0 Å². The minimum atomic E-state index is 0.238. The Labute approximate surface area is 149 Å². The highest BCUT2D eigenvalue weighted by atomic mass is 16.5. The number of rotatable bonds is 7. The van der Waals surface area contributed by atoms with Gasteiger partial charge >= 0.3 is 0 Å². The van der Waals surface area contributed by atoms with Gasteiger partial charge in [0, 0.05) is 13.2 Å². The zero-order valence-electron chi connectivity index (χ0n) is 15.0. The number of nitrogens with zero attached hydrogens (tertiary/aromatic N) is 2. The van der Waals surface area contributed by atoms with Gasteiger partial charge in [0.1, 0.15) is 17.6 Å². The molecule has 0 atom stereocenters. The van der Waals surface area contributed by atoms with Crippen LogP contribution in [0.4, 0.5) is 5.82 Å². The zero-order valence-corrected chi connectivity index (χ0v) is 15.0. The van der Waals surface area contributed by atoms with Gasteiger partial charge in [-0.1, -0.05) is 0 Å². The van der Waals surface area contributed by atoms with E-state index in [9.17, 15) is 5.26 Å². The van der Waals surface area contributed by atoms with Gasteiger partial charge in [0.15, 0.2) is 5.76 Å². The number of furan rings is 1. The molecule has 132 valence electrons. The summed E-state index contributed by atoms with van der Waals surface area (Å²) in [6.45, 7) is 5.48. The van der Waals surface area contributed by atoms with Gasteiger partial charge in [0.05, 0.1) is 17.9 Å². The van der Waals surface area contributed by atoms with Crippen molar-refractivity contribution in [2.75, 3.05) is 18.5 Å². The quantitative estimate of drug-likeness (QED) is 0.761. The topological polar surface area (TPSA) is 71.1 Å². The van der Waals surface area contributed by atoms with E-state index in [4.69, 9.17) is 14.1 Å². The van der Waals surface area contributed by atoms with Crippen molar-refractivity contribution in [3.63, 3.8) is 0 Å². The maximum absolute atomic E-state index is 9.69. The van der Waals surface area contributed by atoms with E-state index in [0.717, 1.165) is 55.7 Å². The van der Waals surface area contributed by atoms with Crippen LogP contribution in [0.15, 0.2) is 22.8 Å². The lowest BCUT2D eigenvalue weighted by Crippen LogP contribution is -2.15. The molecule has 0 fully saturated rings. The van der Waals surface area contributed by atoms with Crippen molar-refractivity contribution in [2.45, 2.75) is 52.1 Å². The van der Waals surface area contributed by atoms with Gasteiger partial charge in [0.2, 0.25) is 0 Å². The summed E-state index contributed by atoms with van der Waals surface area (Å²) < 4.78 is 11.2.